The van der Waals surface area contributed by atoms with Gasteiger partial charge in [0.05, 0.1) is 154 Å². The lowest BCUT2D eigenvalue weighted by atomic mass is 10.1. The maximum absolute atomic E-state index is 14.7. The average molecular weight is 1580 g/mol. The molecule has 4 aromatic rings. The number of rotatable bonds is 57. The third-order valence-electron chi connectivity index (χ3n) is 13.9. The van der Waals surface area contributed by atoms with Crippen LogP contribution in [0.4, 0.5) is 17.6 Å². The molecular formula is C70H100F4N8O24S2. The number of aliphatic imine (C=N–C) groups is 2. The molecule has 2 atom stereocenters. The van der Waals surface area contributed by atoms with E-state index in [0.29, 0.717) is 125 Å². The Bertz CT molecular complexity index is 3640. The van der Waals surface area contributed by atoms with E-state index < -0.39 is 102 Å². The van der Waals surface area contributed by atoms with Crippen LogP contribution in [0.25, 0.3) is 12.2 Å². The molecular weight excluding hydrogens is 1480 g/mol. The minimum Gasteiger partial charge on any atom is -0.451 e. The van der Waals surface area contributed by atoms with Gasteiger partial charge in [0.25, 0.3) is 17.7 Å². The van der Waals surface area contributed by atoms with Crippen LogP contribution in [0.15, 0.2) is 104 Å². The second kappa shape index (κ2) is 54.6. The van der Waals surface area contributed by atoms with E-state index in [1.807, 2.05) is 0 Å². The first kappa shape index (κ1) is 94.2. The number of nitrogens with zero attached hydrogens (tertiary/aromatic N) is 2. The molecule has 0 aromatic heterocycles. The second-order valence-corrected chi connectivity index (χ2v) is 26.5. The van der Waals surface area contributed by atoms with Gasteiger partial charge in [-0.2, -0.15) is 9.98 Å². The lowest BCUT2D eigenvalue weighted by Gasteiger charge is -2.15. The second-order valence-electron chi connectivity index (χ2n) is 22.6. The molecule has 0 saturated carbocycles. The van der Waals surface area contributed by atoms with Crippen LogP contribution in [-0.2, 0) is 95.9 Å². The first-order valence-corrected chi connectivity index (χ1v) is 37.3. The minimum atomic E-state index is -3.92. The van der Waals surface area contributed by atoms with Gasteiger partial charge < -0.3 is 105 Å². The summed E-state index contributed by atoms with van der Waals surface area (Å²) in [6.45, 7) is 13.7. The normalized spacial score (nSPS) is 12.4. The van der Waals surface area contributed by atoms with Gasteiger partial charge in [-0.15, -0.1) is 0 Å². The number of hydrogen-bond acceptors (Lipinski definition) is 24. The molecule has 0 fully saturated rings. The predicted octanol–water partition coefficient (Wildman–Crippen LogP) is 3.79. The van der Waals surface area contributed by atoms with Gasteiger partial charge in [0.1, 0.15) is 17.6 Å². The number of aliphatic hydroxyl groups excluding tert-OH is 2. The molecule has 0 bridgehead atoms. The van der Waals surface area contributed by atoms with Crippen LogP contribution in [-0.4, -0.2) is 253 Å². The van der Waals surface area contributed by atoms with E-state index in [4.69, 9.17) is 89.3 Å². The summed E-state index contributed by atoms with van der Waals surface area (Å²) in [4.78, 5) is 53.4. The van der Waals surface area contributed by atoms with Gasteiger partial charge in [-0.1, -0.05) is 6.92 Å². The Hall–Kier alpha value is -8.00. The Morgan fingerprint density at radius 1 is 0.463 bits per heavy atom. The highest BCUT2D eigenvalue weighted by Gasteiger charge is 2.29. The number of ketones is 1. The fourth-order valence-electron chi connectivity index (χ4n) is 8.50. The maximum atomic E-state index is 14.7. The van der Waals surface area contributed by atoms with Crippen molar-refractivity contribution < 1.29 is 130 Å². The van der Waals surface area contributed by atoms with Crippen molar-refractivity contribution in [2.75, 3.05) is 178 Å². The zero-order chi connectivity index (χ0) is 79.5. The quantitative estimate of drug-likeness (QED) is 0.0102. The molecule has 0 radical (unpaired) electrons. The molecule has 38 heteroatoms. The predicted molar refractivity (Wildman–Crippen MR) is 387 cm³/mol. The molecule has 3 amide bonds. The number of amides is 3. The number of hydrogen-bond donors (Lipinski definition) is 8. The number of ether oxygens (including phenoxy) is 14. The number of halogens is 4. The first-order chi connectivity index (χ1) is 51.7. The molecule has 0 saturated heterocycles. The highest BCUT2D eigenvalue weighted by Crippen LogP contribution is 2.32. The number of carbonyl (C=O) groups excluding carboxylic acids is 4. The number of likely N-dealkylation sites (N-methyl/N-ethyl adjacent to an activating group) is 1. The Morgan fingerprint density at radius 2 is 0.778 bits per heavy atom. The largest absolute Gasteiger partial charge is 0.451 e. The topological polar surface area (TPSA) is 459 Å². The van der Waals surface area contributed by atoms with Gasteiger partial charge in [-0.3, -0.25) is 19.2 Å². The molecule has 12 N–H and O–H groups in total. The summed E-state index contributed by atoms with van der Waals surface area (Å²) < 4.78 is 187. The Labute approximate surface area is 625 Å². The molecule has 0 aliphatic rings. The van der Waals surface area contributed by atoms with Crippen LogP contribution in [0.1, 0.15) is 57.6 Å². The standard InChI is InChI=1S/C37H53F2N5O14S.C33H47F2N3O10S/c1-25(35(48)44-37(40)41)22-26-23-29(38)34(30(39)24-26)58-27-5-7-28(8-6-27)59(50,51)43-9-11-53-13-15-55-17-19-57-21-20-56-18-16-54-14-12-52-10-3-4-31(45)32(46)33(47)36(49)42-2;1-3-9-42-11-13-44-15-17-46-19-20-47-18-16-45-14-12-43-10-4-21-49(40,41)28-7-5-27(6-8-28)48-31-29(34)23-26(24-30(31)35)22-25(2)32(39)38-33(36)37/h5-8,22-24,32-33,43,46-47H,3-4,9-21H2,1-2H3,(H,42,49)(H4,40,41,44,48);5-8,22-24H,3-4,9-21H2,1-2H3,(H4,36,37,38,39)/b2*25-22+. The number of aliphatic hydroxyl groups is 2. The molecule has 32 nitrogen and oxygen atoms in total. The molecule has 4 aromatic carbocycles. The molecule has 2 unspecified atom stereocenters. The van der Waals surface area contributed by atoms with Crippen molar-refractivity contribution in [2.24, 2.45) is 32.9 Å². The molecule has 108 heavy (non-hydrogen) atoms. The SMILES string of the molecule is CCCOCCOCCOCCOCCOCCOCCCS(=O)(=O)c1ccc(Oc2c(F)cc(/C=C(\C)C(=O)N=C(N)N)cc2F)cc1.CNC(=O)C(O)C(O)C(=O)CCCOCCOCCOCCOCCOCCOCCNS(=O)(=O)c1ccc(Oc2c(F)cc(/C=C(\C)C(=O)N=C(N)N)cc2F)cc1. The lowest BCUT2D eigenvalue weighted by Crippen LogP contribution is -2.44. The summed E-state index contributed by atoms with van der Waals surface area (Å²) in [7, 11) is -6.27. The van der Waals surface area contributed by atoms with E-state index in [9.17, 15) is 63.8 Å². The van der Waals surface area contributed by atoms with E-state index in [1.165, 1.54) is 81.6 Å². The van der Waals surface area contributed by atoms with E-state index in [2.05, 4.69) is 26.9 Å². The third kappa shape index (κ3) is 40.4. The van der Waals surface area contributed by atoms with Crippen molar-refractivity contribution in [1.82, 2.24) is 10.0 Å². The summed E-state index contributed by atoms with van der Waals surface area (Å²) in [6, 6.07) is 13.9. The number of nitrogens with one attached hydrogen (secondary N) is 2. The fraction of sp³-hybridized carbons (Fsp3) is 0.514. The van der Waals surface area contributed by atoms with E-state index in [1.54, 1.807) is 0 Å². The zero-order valence-corrected chi connectivity index (χ0v) is 62.5. The van der Waals surface area contributed by atoms with Crippen molar-refractivity contribution in [3.05, 3.63) is 118 Å². The number of sulfone groups is 1. The van der Waals surface area contributed by atoms with Gasteiger partial charge >= 0.3 is 0 Å². The van der Waals surface area contributed by atoms with Crippen LogP contribution in [0.5, 0.6) is 23.0 Å². The van der Waals surface area contributed by atoms with Crippen LogP contribution in [0.3, 0.4) is 0 Å². The zero-order valence-electron chi connectivity index (χ0n) is 60.9. The van der Waals surface area contributed by atoms with Crippen LogP contribution in [0, 0.1) is 23.3 Å². The Kier molecular flexibility index (Phi) is 47.6. The molecule has 0 heterocycles. The summed E-state index contributed by atoms with van der Waals surface area (Å²) >= 11 is 0. The fourth-order valence-corrected chi connectivity index (χ4v) is 10.8. The number of nitrogens with two attached hydrogens (primary N) is 4. The average Bonchev–Trinajstić information content (AvgIpc) is 0.828. The van der Waals surface area contributed by atoms with Gasteiger partial charge in [0.15, 0.2) is 68.4 Å². The molecule has 604 valence electrons. The van der Waals surface area contributed by atoms with Gasteiger partial charge in [0, 0.05) is 51.0 Å². The Morgan fingerprint density at radius 3 is 1.11 bits per heavy atom. The van der Waals surface area contributed by atoms with Crippen molar-refractivity contribution in [2.45, 2.75) is 68.5 Å². The number of carbonyl (C=O) groups is 4. The van der Waals surface area contributed by atoms with Gasteiger partial charge in [0.2, 0.25) is 10.0 Å². The lowest BCUT2D eigenvalue weighted by molar-refractivity contribution is -0.144. The highest BCUT2D eigenvalue weighted by atomic mass is 32.2. The molecule has 0 aliphatic carbocycles. The van der Waals surface area contributed by atoms with Crippen LogP contribution >= 0.6 is 0 Å². The number of benzene rings is 4. The molecule has 0 spiro atoms. The van der Waals surface area contributed by atoms with Crippen molar-refractivity contribution in [1.29, 1.82) is 0 Å². The van der Waals surface area contributed by atoms with E-state index >= 15 is 0 Å². The Balaban J connectivity index is 0.000000570. The number of Topliss-reactive ketones (excluding diaryl/α,β-unsaturated/α-hetero) is 1. The smallest absolute Gasteiger partial charge is 0.275 e. The summed E-state index contributed by atoms with van der Waals surface area (Å²) in [5, 5.41) is 21.4. The van der Waals surface area contributed by atoms with Crippen LogP contribution in [0.2, 0.25) is 0 Å². The van der Waals surface area contributed by atoms with E-state index in [0.717, 1.165) is 37.3 Å². The number of sulfonamides is 1. The van der Waals surface area contributed by atoms with E-state index in [-0.39, 0.29) is 102 Å². The third-order valence-corrected chi connectivity index (χ3v) is 17.2. The summed E-state index contributed by atoms with van der Waals surface area (Å²) in [5.74, 6) is -9.70. The summed E-state index contributed by atoms with van der Waals surface area (Å²) in [5.41, 5.74) is 20.8. The summed E-state index contributed by atoms with van der Waals surface area (Å²) in [6.07, 6.45) is 0.349. The monoisotopic (exact) mass is 1580 g/mol. The molecule has 0 aliphatic heterocycles. The van der Waals surface area contributed by atoms with Gasteiger partial charge in [-0.25, -0.2) is 39.1 Å². The minimum absolute atomic E-state index is 0.0198. The number of guanidine groups is 2. The van der Waals surface area contributed by atoms with Gasteiger partial charge in [-0.05, 0) is 129 Å². The van der Waals surface area contributed by atoms with Crippen molar-refractivity contribution >= 4 is 67.4 Å². The highest BCUT2D eigenvalue weighted by molar-refractivity contribution is 7.91. The molecule has 4 rings (SSSR count). The van der Waals surface area contributed by atoms with Crippen molar-refractivity contribution in [3.63, 3.8) is 0 Å². The van der Waals surface area contributed by atoms with Crippen molar-refractivity contribution in [3.8, 4) is 23.0 Å². The first-order valence-electron chi connectivity index (χ1n) is 34.1. The van der Waals surface area contributed by atoms with Crippen LogP contribution < -0.4 is 42.4 Å². The maximum Gasteiger partial charge on any atom is 0.275 e.